The lowest BCUT2D eigenvalue weighted by Gasteiger charge is -2.26. The number of hydrogen-bond donors (Lipinski definition) is 2. The van der Waals surface area contributed by atoms with Gasteiger partial charge in [-0.2, -0.15) is 0 Å². The lowest BCUT2D eigenvalue weighted by Crippen LogP contribution is -2.35. The van der Waals surface area contributed by atoms with E-state index in [1.807, 2.05) is 24.3 Å². The Balaban J connectivity index is 1.61. The summed E-state index contributed by atoms with van der Waals surface area (Å²) >= 11 is 5.60. The molecule has 3 rings (SSSR count). The normalized spacial score (nSPS) is 15.5. The number of anilines is 1. The smallest absolute Gasteiger partial charge is 0.171 e. The number of hydrogen-bond acceptors (Lipinski definition) is 2. The Bertz CT molecular complexity index is 795. The van der Waals surface area contributed by atoms with Crippen LogP contribution in [-0.2, 0) is 0 Å². The average molecular weight is 397 g/mol. The number of ether oxygens (including phenoxy) is 1. The van der Waals surface area contributed by atoms with E-state index in [4.69, 9.17) is 17.0 Å². The fourth-order valence-electron chi connectivity index (χ4n) is 3.90. The topological polar surface area (TPSA) is 33.3 Å². The van der Waals surface area contributed by atoms with Gasteiger partial charge in [0, 0.05) is 5.69 Å². The van der Waals surface area contributed by atoms with Gasteiger partial charge in [-0.15, -0.1) is 0 Å². The molecule has 0 unspecified atom stereocenters. The van der Waals surface area contributed by atoms with Crippen LogP contribution in [0.15, 0.2) is 42.5 Å². The second-order valence-electron chi connectivity index (χ2n) is 8.23. The lowest BCUT2D eigenvalue weighted by molar-refractivity contribution is 0.210. The van der Waals surface area contributed by atoms with E-state index >= 15 is 0 Å². The van der Waals surface area contributed by atoms with Crippen LogP contribution in [0.25, 0.3) is 0 Å². The van der Waals surface area contributed by atoms with E-state index in [1.165, 1.54) is 42.4 Å². The third-order valence-corrected chi connectivity index (χ3v) is 5.65. The average Bonchev–Trinajstić information content (AvgIpc) is 3.15. The van der Waals surface area contributed by atoms with Crippen LogP contribution in [0.5, 0.6) is 5.75 Å². The Morgan fingerprint density at radius 3 is 2.32 bits per heavy atom. The fraction of sp³-hybridized carbons (Fsp3) is 0.458. The highest BCUT2D eigenvalue weighted by molar-refractivity contribution is 7.80. The summed E-state index contributed by atoms with van der Waals surface area (Å²) in [6.45, 7) is 8.73. The number of thiocarbonyl (C=S) groups is 1. The molecular formula is C24H32N2OS. The van der Waals surface area contributed by atoms with Gasteiger partial charge in [0.25, 0.3) is 0 Å². The van der Waals surface area contributed by atoms with Crippen LogP contribution in [0.4, 0.5) is 5.69 Å². The molecule has 1 aliphatic rings. The summed E-state index contributed by atoms with van der Waals surface area (Å²) in [7, 11) is 0. The first kappa shape index (κ1) is 20.7. The maximum atomic E-state index is 6.04. The zero-order chi connectivity index (χ0) is 20.1. The highest BCUT2D eigenvalue weighted by Gasteiger charge is 2.19. The van der Waals surface area contributed by atoms with Crippen molar-refractivity contribution in [1.29, 1.82) is 0 Å². The minimum absolute atomic E-state index is 0.172. The largest absolute Gasteiger partial charge is 0.490 e. The van der Waals surface area contributed by atoms with Crippen LogP contribution in [0.3, 0.4) is 0 Å². The maximum Gasteiger partial charge on any atom is 0.171 e. The summed E-state index contributed by atoms with van der Waals surface area (Å²) < 4.78 is 6.04. The van der Waals surface area contributed by atoms with E-state index in [0.717, 1.165) is 11.4 Å². The number of nitrogens with one attached hydrogen (secondary N) is 2. The van der Waals surface area contributed by atoms with Gasteiger partial charge in [-0.25, -0.2) is 0 Å². The van der Waals surface area contributed by atoms with Gasteiger partial charge < -0.3 is 15.4 Å². The van der Waals surface area contributed by atoms with E-state index in [9.17, 15) is 0 Å². The molecule has 3 nitrogen and oxygen atoms in total. The molecule has 0 radical (unpaired) electrons. The molecule has 0 bridgehead atoms. The highest BCUT2D eigenvalue weighted by atomic mass is 32.1. The summed E-state index contributed by atoms with van der Waals surface area (Å²) in [6.07, 6.45) is 5.28. The Morgan fingerprint density at radius 2 is 1.71 bits per heavy atom. The van der Waals surface area contributed by atoms with E-state index in [0.29, 0.717) is 17.1 Å². The summed E-state index contributed by atoms with van der Waals surface area (Å²) in [4.78, 5) is 0. The van der Waals surface area contributed by atoms with Gasteiger partial charge in [-0.3, -0.25) is 0 Å². The van der Waals surface area contributed by atoms with E-state index in [-0.39, 0.29) is 6.04 Å². The van der Waals surface area contributed by atoms with Gasteiger partial charge in [0.15, 0.2) is 5.11 Å². The third-order valence-electron chi connectivity index (χ3n) is 5.43. The quantitative estimate of drug-likeness (QED) is 0.561. The molecule has 2 aromatic rings. The zero-order valence-corrected chi connectivity index (χ0v) is 18.2. The minimum atomic E-state index is 0.172. The van der Waals surface area contributed by atoms with Crippen molar-refractivity contribution in [2.45, 2.75) is 65.5 Å². The predicted molar refractivity (Wildman–Crippen MR) is 122 cm³/mol. The van der Waals surface area contributed by atoms with Crippen molar-refractivity contribution in [3.05, 3.63) is 59.2 Å². The van der Waals surface area contributed by atoms with Crippen molar-refractivity contribution >= 4 is 23.0 Å². The van der Waals surface area contributed by atoms with Crippen LogP contribution in [0.2, 0.25) is 0 Å². The van der Waals surface area contributed by atoms with Crippen LogP contribution < -0.4 is 15.4 Å². The maximum absolute atomic E-state index is 6.04. The van der Waals surface area contributed by atoms with Crippen LogP contribution in [-0.4, -0.2) is 11.2 Å². The molecule has 0 amide bonds. The van der Waals surface area contributed by atoms with Gasteiger partial charge in [0.2, 0.25) is 0 Å². The molecule has 0 aromatic heterocycles. The molecule has 2 N–H and O–H groups in total. The molecule has 150 valence electrons. The van der Waals surface area contributed by atoms with Gasteiger partial charge in [-0.05, 0) is 93.1 Å². The summed E-state index contributed by atoms with van der Waals surface area (Å²) in [5.74, 6) is 1.36. The standard InChI is InChI=1S/C24H32N2OS/c1-16(2)23(22-14-9-17(3)15-18(22)4)26-24(28)25-19-10-12-21(13-11-19)27-20-7-5-6-8-20/h9-16,20,23H,5-8H2,1-4H3,(H2,25,26,28)/t23-/m0/s1. The van der Waals surface area contributed by atoms with E-state index < -0.39 is 0 Å². The Kier molecular flexibility index (Phi) is 6.95. The van der Waals surface area contributed by atoms with Crippen molar-refractivity contribution in [2.24, 2.45) is 5.92 Å². The fourth-order valence-corrected chi connectivity index (χ4v) is 4.15. The third kappa shape index (κ3) is 5.48. The van der Waals surface area contributed by atoms with Crippen molar-refractivity contribution < 1.29 is 4.74 Å². The van der Waals surface area contributed by atoms with Gasteiger partial charge >= 0.3 is 0 Å². The summed E-state index contributed by atoms with van der Waals surface area (Å²) in [5.41, 5.74) is 4.84. The first-order valence-electron chi connectivity index (χ1n) is 10.3. The number of rotatable bonds is 6. The second kappa shape index (κ2) is 9.42. The van der Waals surface area contributed by atoms with E-state index in [2.05, 4.69) is 56.5 Å². The van der Waals surface area contributed by atoms with Crippen molar-refractivity contribution in [2.75, 3.05) is 5.32 Å². The molecule has 1 fully saturated rings. The van der Waals surface area contributed by atoms with Gasteiger partial charge in [0.05, 0.1) is 12.1 Å². The van der Waals surface area contributed by atoms with Crippen molar-refractivity contribution in [3.63, 3.8) is 0 Å². The monoisotopic (exact) mass is 396 g/mol. The number of benzene rings is 2. The lowest BCUT2D eigenvalue weighted by atomic mass is 9.92. The molecule has 0 aliphatic heterocycles. The van der Waals surface area contributed by atoms with Gasteiger partial charge in [0.1, 0.15) is 5.75 Å². The van der Waals surface area contributed by atoms with Crippen LogP contribution >= 0.6 is 12.2 Å². The number of aryl methyl sites for hydroxylation is 2. The molecule has 4 heteroatoms. The molecule has 28 heavy (non-hydrogen) atoms. The first-order chi connectivity index (χ1) is 13.4. The van der Waals surface area contributed by atoms with Crippen molar-refractivity contribution in [3.8, 4) is 5.75 Å². The SMILES string of the molecule is Cc1ccc([C@@H](NC(=S)Nc2ccc(OC3CCCC3)cc2)C(C)C)c(C)c1. The summed E-state index contributed by atoms with van der Waals surface area (Å²) in [6, 6.07) is 14.9. The Morgan fingerprint density at radius 1 is 1.04 bits per heavy atom. The van der Waals surface area contributed by atoms with Crippen LogP contribution in [0.1, 0.15) is 62.3 Å². The molecule has 1 aliphatic carbocycles. The van der Waals surface area contributed by atoms with Crippen LogP contribution in [0, 0.1) is 19.8 Å². The van der Waals surface area contributed by atoms with E-state index in [1.54, 1.807) is 0 Å². The molecule has 1 atom stereocenters. The van der Waals surface area contributed by atoms with Gasteiger partial charge in [-0.1, -0.05) is 37.6 Å². The Hall–Kier alpha value is -2.07. The molecule has 0 spiro atoms. The summed E-state index contributed by atoms with van der Waals surface area (Å²) in [5, 5.41) is 7.46. The molecule has 1 saturated carbocycles. The second-order valence-corrected chi connectivity index (χ2v) is 8.64. The Labute approximate surface area is 174 Å². The minimum Gasteiger partial charge on any atom is -0.490 e. The first-order valence-corrected chi connectivity index (χ1v) is 10.7. The molecule has 0 saturated heterocycles. The molecular weight excluding hydrogens is 364 g/mol. The zero-order valence-electron chi connectivity index (χ0n) is 17.4. The predicted octanol–water partition coefficient (Wildman–Crippen LogP) is 6.31. The highest BCUT2D eigenvalue weighted by Crippen LogP contribution is 2.27. The molecule has 0 heterocycles. The van der Waals surface area contributed by atoms with Crippen molar-refractivity contribution in [1.82, 2.24) is 5.32 Å². The molecule has 2 aromatic carbocycles.